The monoisotopic (exact) mass is 260 g/mol. The summed E-state index contributed by atoms with van der Waals surface area (Å²) in [5.74, 6) is 0.292. The Hall–Kier alpha value is -0.750. The Morgan fingerprint density at radius 1 is 1.44 bits per heavy atom. The highest BCUT2D eigenvalue weighted by Crippen LogP contribution is 2.20. The third-order valence-corrected chi connectivity index (χ3v) is 3.01. The fourth-order valence-corrected chi connectivity index (χ4v) is 2.09. The molecule has 0 aliphatic carbocycles. The van der Waals surface area contributed by atoms with Crippen LogP contribution in [0.2, 0.25) is 0 Å². The van der Waals surface area contributed by atoms with Gasteiger partial charge in [0.15, 0.2) is 9.84 Å². The van der Waals surface area contributed by atoms with Crippen LogP contribution in [0.5, 0.6) is 0 Å². The summed E-state index contributed by atoms with van der Waals surface area (Å²) in [5.41, 5.74) is 0.786. The van der Waals surface area contributed by atoms with Gasteiger partial charge in [0.05, 0.1) is 0 Å². The van der Waals surface area contributed by atoms with Gasteiger partial charge in [0.1, 0.15) is 16.2 Å². The number of rotatable bonds is 2. The molecule has 0 saturated heterocycles. The first-order valence-electron chi connectivity index (χ1n) is 4.86. The quantitative estimate of drug-likeness (QED) is 0.826. The van der Waals surface area contributed by atoms with E-state index in [1.807, 2.05) is 20.8 Å². The molecule has 0 atom stereocenters. The first kappa shape index (κ1) is 13.3. The van der Waals surface area contributed by atoms with Gasteiger partial charge < -0.3 is 4.98 Å². The van der Waals surface area contributed by atoms with Crippen molar-refractivity contribution in [1.82, 2.24) is 9.97 Å². The molecule has 1 N–H and O–H groups in total. The molecule has 0 unspecified atom stereocenters. The third kappa shape index (κ3) is 4.02. The second kappa shape index (κ2) is 4.25. The number of H-pyrrole nitrogens is 1. The fourth-order valence-electron chi connectivity index (χ4n) is 1.23. The van der Waals surface area contributed by atoms with E-state index in [1.54, 1.807) is 6.07 Å². The van der Waals surface area contributed by atoms with Crippen LogP contribution in [-0.2, 0) is 21.0 Å². The molecule has 1 aromatic rings. The van der Waals surface area contributed by atoms with Crippen molar-refractivity contribution in [1.29, 1.82) is 0 Å². The Labute approximate surface area is 101 Å². The summed E-state index contributed by atoms with van der Waals surface area (Å²) in [6, 6.07) is 1.76. The molecule has 1 aromatic heterocycles. The lowest BCUT2D eigenvalue weighted by Gasteiger charge is -2.19. The van der Waals surface area contributed by atoms with Crippen molar-refractivity contribution in [3.05, 3.63) is 22.2 Å². The number of aromatic nitrogens is 2. The van der Waals surface area contributed by atoms with Gasteiger partial charge in [-0.3, -0.25) is 0 Å². The van der Waals surface area contributed by atoms with Crippen molar-refractivity contribution in [2.45, 2.75) is 31.9 Å². The maximum Gasteiger partial charge on any atom is 0.154 e. The van der Waals surface area contributed by atoms with Crippen LogP contribution in [0.4, 0.5) is 0 Å². The molecule has 0 bridgehead atoms. The van der Waals surface area contributed by atoms with Crippen LogP contribution < -0.4 is 0 Å². The standard InChI is InChI=1S/C10H16N2O2S2/c1-10(2,3)7-5-9(15)12-8(11-7)6-16(4,13)14/h5H,6H2,1-4H3,(H,11,12,15). The van der Waals surface area contributed by atoms with Crippen molar-refractivity contribution in [2.24, 2.45) is 0 Å². The van der Waals surface area contributed by atoms with Crippen LogP contribution in [0.15, 0.2) is 6.07 Å². The topological polar surface area (TPSA) is 62.8 Å². The molecule has 1 rings (SSSR count). The van der Waals surface area contributed by atoms with Gasteiger partial charge >= 0.3 is 0 Å². The molecule has 0 amide bonds. The lowest BCUT2D eigenvalue weighted by Crippen LogP contribution is -2.16. The Morgan fingerprint density at radius 2 is 2.00 bits per heavy atom. The van der Waals surface area contributed by atoms with Crippen LogP contribution in [0.1, 0.15) is 32.3 Å². The minimum Gasteiger partial charge on any atom is -0.346 e. The summed E-state index contributed by atoms with van der Waals surface area (Å²) < 4.78 is 22.8. The van der Waals surface area contributed by atoms with Gasteiger partial charge in [0.2, 0.25) is 0 Å². The van der Waals surface area contributed by atoms with Crippen molar-refractivity contribution >= 4 is 22.1 Å². The molecule has 0 saturated carbocycles. The van der Waals surface area contributed by atoms with E-state index in [2.05, 4.69) is 9.97 Å². The zero-order valence-electron chi connectivity index (χ0n) is 9.86. The Bertz CT molecular complexity index is 539. The first-order valence-corrected chi connectivity index (χ1v) is 7.33. The number of nitrogens with zero attached hydrogens (tertiary/aromatic N) is 1. The van der Waals surface area contributed by atoms with Crippen LogP contribution in [0.3, 0.4) is 0 Å². The van der Waals surface area contributed by atoms with Crippen molar-refractivity contribution in [2.75, 3.05) is 6.26 Å². The first-order chi connectivity index (χ1) is 7.08. The smallest absolute Gasteiger partial charge is 0.154 e. The van der Waals surface area contributed by atoms with Gasteiger partial charge in [-0.2, -0.15) is 0 Å². The molecule has 0 radical (unpaired) electrons. The van der Waals surface area contributed by atoms with E-state index in [4.69, 9.17) is 12.2 Å². The molecule has 0 fully saturated rings. The molecule has 0 spiro atoms. The Balaban J connectivity index is 3.24. The molecule has 0 aromatic carbocycles. The van der Waals surface area contributed by atoms with Gasteiger partial charge in [0, 0.05) is 17.4 Å². The molecule has 6 heteroatoms. The molecule has 0 aliphatic heterocycles. The van der Waals surface area contributed by atoms with Gasteiger partial charge in [-0.15, -0.1) is 0 Å². The van der Waals surface area contributed by atoms with Gasteiger partial charge in [-0.1, -0.05) is 33.0 Å². The zero-order valence-corrected chi connectivity index (χ0v) is 11.5. The van der Waals surface area contributed by atoms with Crippen molar-refractivity contribution < 1.29 is 8.42 Å². The maximum absolute atomic E-state index is 11.2. The lowest BCUT2D eigenvalue weighted by atomic mass is 9.92. The van der Waals surface area contributed by atoms with Gasteiger partial charge in [-0.25, -0.2) is 13.4 Å². The predicted octanol–water partition coefficient (Wildman–Crippen LogP) is 1.98. The number of hydrogen-bond donors (Lipinski definition) is 1. The highest BCUT2D eigenvalue weighted by molar-refractivity contribution is 7.89. The highest BCUT2D eigenvalue weighted by atomic mass is 32.2. The van der Waals surface area contributed by atoms with Crippen LogP contribution >= 0.6 is 12.2 Å². The molecule has 90 valence electrons. The van der Waals surface area contributed by atoms with Crippen molar-refractivity contribution in [3.63, 3.8) is 0 Å². The summed E-state index contributed by atoms with van der Waals surface area (Å²) in [4.78, 5) is 7.04. The lowest BCUT2D eigenvalue weighted by molar-refractivity contribution is 0.561. The van der Waals surface area contributed by atoms with E-state index in [0.29, 0.717) is 10.5 Å². The Morgan fingerprint density at radius 3 is 2.44 bits per heavy atom. The van der Waals surface area contributed by atoms with E-state index < -0.39 is 9.84 Å². The van der Waals surface area contributed by atoms with Gasteiger partial charge in [-0.05, 0) is 6.07 Å². The molecule has 4 nitrogen and oxygen atoms in total. The van der Waals surface area contributed by atoms with E-state index in [1.165, 1.54) is 6.26 Å². The van der Waals surface area contributed by atoms with Crippen LogP contribution in [-0.4, -0.2) is 24.6 Å². The largest absolute Gasteiger partial charge is 0.346 e. The minimum atomic E-state index is -3.10. The number of aromatic amines is 1. The molecular weight excluding hydrogens is 244 g/mol. The number of sulfone groups is 1. The van der Waals surface area contributed by atoms with Gasteiger partial charge in [0.25, 0.3) is 0 Å². The van der Waals surface area contributed by atoms with Crippen molar-refractivity contribution in [3.8, 4) is 0 Å². The minimum absolute atomic E-state index is 0.108. The summed E-state index contributed by atoms with van der Waals surface area (Å²) in [5, 5.41) is 0. The molecule has 0 aliphatic rings. The van der Waals surface area contributed by atoms with E-state index in [-0.39, 0.29) is 11.2 Å². The summed E-state index contributed by atoms with van der Waals surface area (Å²) in [7, 11) is -3.10. The third-order valence-electron chi connectivity index (χ3n) is 2.00. The summed E-state index contributed by atoms with van der Waals surface area (Å²) in [6.07, 6.45) is 1.18. The number of hydrogen-bond acceptors (Lipinski definition) is 4. The fraction of sp³-hybridized carbons (Fsp3) is 0.600. The van der Waals surface area contributed by atoms with E-state index in [0.717, 1.165) is 5.69 Å². The Kier molecular flexibility index (Phi) is 3.54. The molecule has 1 heterocycles. The molecular formula is C10H16N2O2S2. The predicted molar refractivity (Wildman–Crippen MR) is 66.7 cm³/mol. The normalized spacial score (nSPS) is 12.8. The van der Waals surface area contributed by atoms with E-state index >= 15 is 0 Å². The maximum atomic E-state index is 11.2. The average molecular weight is 260 g/mol. The van der Waals surface area contributed by atoms with Crippen LogP contribution in [0.25, 0.3) is 0 Å². The number of nitrogens with one attached hydrogen (secondary N) is 1. The van der Waals surface area contributed by atoms with E-state index in [9.17, 15) is 8.42 Å². The highest BCUT2D eigenvalue weighted by Gasteiger charge is 2.16. The average Bonchev–Trinajstić information content (AvgIpc) is 1.97. The SMILES string of the molecule is CC(C)(C)c1cc(=S)nc(CS(C)(=O)=O)[nH]1. The van der Waals surface area contributed by atoms with Crippen LogP contribution in [0, 0.1) is 4.64 Å². The summed E-state index contributed by atoms with van der Waals surface area (Å²) >= 11 is 5.02. The second-order valence-corrected chi connectivity index (χ2v) is 7.46. The molecule has 16 heavy (non-hydrogen) atoms. The second-order valence-electron chi connectivity index (χ2n) is 4.90. The zero-order chi connectivity index (χ0) is 12.6. The summed E-state index contributed by atoms with van der Waals surface area (Å²) in [6.45, 7) is 6.08.